The van der Waals surface area contributed by atoms with Crippen LogP contribution in [0.2, 0.25) is 0 Å². The van der Waals surface area contributed by atoms with Gasteiger partial charge in [-0.2, -0.15) is 0 Å². The second-order valence-electron chi connectivity index (χ2n) is 3.80. The van der Waals surface area contributed by atoms with Gasteiger partial charge in [0.25, 0.3) is 0 Å². The van der Waals surface area contributed by atoms with Crippen molar-refractivity contribution >= 4 is 21.7 Å². The molecule has 0 amide bonds. The van der Waals surface area contributed by atoms with Crippen LogP contribution in [0.25, 0.3) is 0 Å². The average Bonchev–Trinajstić information content (AvgIpc) is 2.34. The number of nitrogens with zero attached hydrogens (tertiary/aromatic N) is 1. The summed E-state index contributed by atoms with van der Waals surface area (Å²) in [7, 11) is 0. The van der Waals surface area contributed by atoms with E-state index in [9.17, 15) is 13.6 Å². The van der Waals surface area contributed by atoms with Crippen LogP contribution < -0.4 is 0 Å². The van der Waals surface area contributed by atoms with E-state index in [4.69, 9.17) is 0 Å². The van der Waals surface area contributed by atoms with Crippen LogP contribution in [0, 0.1) is 18.6 Å². The van der Waals surface area contributed by atoms with Gasteiger partial charge in [-0.1, -0.05) is 0 Å². The third-order valence-corrected chi connectivity index (χ3v) is 3.02. The summed E-state index contributed by atoms with van der Waals surface area (Å²) in [5.41, 5.74) is 0.333. The van der Waals surface area contributed by atoms with E-state index in [1.807, 2.05) is 0 Å². The summed E-state index contributed by atoms with van der Waals surface area (Å²) in [4.78, 5) is 15.9. The first-order valence-electron chi connectivity index (χ1n) is 5.10. The molecule has 2 nitrogen and oxygen atoms in total. The summed E-state index contributed by atoms with van der Waals surface area (Å²) in [6, 6.07) is 3.80. The molecule has 0 radical (unpaired) electrons. The van der Waals surface area contributed by atoms with Gasteiger partial charge in [0, 0.05) is 18.0 Å². The molecule has 0 aliphatic carbocycles. The molecule has 0 bridgehead atoms. The number of carbonyl (C=O) groups is 1. The standard InChI is InChI=1S/C13H8BrF2NO/c1-7-4-8(6-17-5-7)13(18)11-10(15)3-2-9(14)12(11)16/h2-6H,1H3. The first-order valence-corrected chi connectivity index (χ1v) is 5.90. The Labute approximate surface area is 111 Å². The van der Waals surface area contributed by atoms with Gasteiger partial charge in [0.1, 0.15) is 5.82 Å². The van der Waals surface area contributed by atoms with Gasteiger partial charge >= 0.3 is 0 Å². The van der Waals surface area contributed by atoms with Gasteiger partial charge in [-0.25, -0.2) is 8.78 Å². The Hall–Kier alpha value is -1.62. The Morgan fingerprint density at radius 2 is 2.00 bits per heavy atom. The fourth-order valence-corrected chi connectivity index (χ4v) is 1.89. The summed E-state index contributed by atoms with van der Waals surface area (Å²) in [6.07, 6.45) is 2.85. The molecule has 0 N–H and O–H groups in total. The van der Waals surface area contributed by atoms with Gasteiger partial charge in [0.15, 0.2) is 5.82 Å². The van der Waals surface area contributed by atoms with Crippen molar-refractivity contribution in [2.24, 2.45) is 0 Å². The van der Waals surface area contributed by atoms with Crippen LogP contribution in [0.5, 0.6) is 0 Å². The van der Waals surface area contributed by atoms with E-state index in [1.165, 1.54) is 18.3 Å². The smallest absolute Gasteiger partial charge is 0.200 e. The fourth-order valence-electron chi connectivity index (χ4n) is 1.56. The first-order chi connectivity index (χ1) is 8.50. The summed E-state index contributed by atoms with van der Waals surface area (Å²) in [5, 5.41) is 0. The molecule has 92 valence electrons. The second kappa shape index (κ2) is 4.94. The van der Waals surface area contributed by atoms with Crippen molar-refractivity contribution in [1.29, 1.82) is 0 Å². The van der Waals surface area contributed by atoms with Gasteiger partial charge in [-0.15, -0.1) is 0 Å². The Morgan fingerprint density at radius 3 is 2.67 bits per heavy atom. The lowest BCUT2D eigenvalue weighted by Crippen LogP contribution is -2.08. The zero-order valence-corrected chi connectivity index (χ0v) is 11.0. The largest absolute Gasteiger partial charge is 0.288 e. The molecule has 0 atom stereocenters. The number of halogens is 3. The average molecular weight is 312 g/mol. The minimum Gasteiger partial charge on any atom is -0.288 e. The van der Waals surface area contributed by atoms with Gasteiger partial charge in [-0.3, -0.25) is 9.78 Å². The van der Waals surface area contributed by atoms with Crippen molar-refractivity contribution in [3.8, 4) is 0 Å². The molecule has 1 aromatic carbocycles. The lowest BCUT2D eigenvalue weighted by molar-refractivity contribution is 0.103. The molecule has 0 aliphatic rings. The van der Waals surface area contributed by atoms with Crippen LogP contribution in [-0.2, 0) is 0 Å². The highest BCUT2D eigenvalue weighted by Gasteiger charge is 2.21. The zero-order valence-electron chi connectivity index (χ0n) is 9.38. The van der Waals surface area contributed by atoms with E-state index < -0.39 is 23.0 Å². The van der Waals surface area contributed by atoms with Crippen molar-refractivity contribution < 1.29 is 13.6 Å². The molecule has 5 heteroatoms. The Bertz CT molecular complexity index is 628. The molecule has 0 saturated heterocycles. The highest BCUT2D eigenvalue weighted by atomic mass is 79.9. The van der Waals surface area contributed by atoms with E-state index in [2.05, 4.69) is 20.9 Å². The molecule has 0 saturated carbocycles. The third kappa shape index (κ3) is 2.31. The van der Waals surface area contributed by atoms with Crippen LogP contribution in [-0.4, -0.2) is 10.8 Å². The first kappa shape index (κ1) is 12.8. The highest BCUT2D eigenvalue weighted by molar-refractivity contribution is 9.10. The van der Waals surface area contributed by atoms with Crippen molar-refractivity contribution in [3.05, 3.63) is 63.4 Å². The van der Waals surface area contributed by atoms with E-state index in [0.29, 0.717) is 0 Å². The maximum Gasteiger partial charge on any atom is 0.200 e. The molecule has 0 unspecified atom stereocenters. The maximum absolute atomic E-state index is 13.8. The predicted molar refractivity (Wildman–Crippen MR) is 66.5 cm³/mol. The Balaban J connectivity index is 2.56. The van der Waals surface area contributed by atoms with Gasteiger partial charge in [0.05, 0.1) is 10.0 Å². The number of aromatic nitrogens is 1. The molecule has 0 spiro atoms. The number of carbonyl (C=O) groups excluding carboxylic acids is 1. The molecule has 18 heavy (non-hydrogen) atoms. The van der Waals surface area contributed by atoms with Crippen molar-refractivity contribution in [3.63, 3.8) is 0 Å². The molecule has 2 aromatic rings. The van der Waals surface area contributed by atoms with Crippen LogP contribution in [0.4, 0.5) is 8.78 Å². The number of rotatable bonds is 2. The molecule has 2 rings (SSSR count). The molecule has 1 aromatic heterocycles. The van der Waals surface area contributed by atoms with Crippen molar-refractivity contribution in [2.45, 2.75) is 6.92 Å². The minimum atomic E-state index is -0.901. The Kier molecular flexibility index (Phi) is 3.52. The number of ketones is 1. The van der Waals surface area contributed by atoms with Crippen molar-refractivity contribution in [2.75, 3.05) is 0 Å². The van der Waals surface area contributed by atoms with Crippen LogP contribution >= 0.6 is 15.9 Å². The van der Waals surface area contributed by atoms with Gasteiger partial charge in [-0.05, 0) is 46.6 Å². The van der Waals surface area contributed by atoms with E-state index in [0.717, 1.165) is 11.6 Å². The SMILES string of the molecule is Cc1cncc(C(=O)c2c(F)ccc(Br)c2F)c1. The zero-order chi connectivity index (χ0) is 13.3. The van der Waals surface area contributed by atoms with Crippen LogP contribution in [0.15, 0.2) is 35.1 Å². The monoisotopic (exact) mass is 311 g/mol. The number of hydrogen-bond donors (Lipinski definition) is 0. The summed E-state index contributed by atoms with van der Waals surface area (Å²) in [6.45, 7) is 1.75. The lowest BCUT2D eigenvalue weighted by Gasteiger charge is -2.06. The fraction of sp³-hybridized carbons (Fsp3) is 0.0769. The topological polar surface area (TPSA) is 30.0 Å². The third-order valence-electron chi connectivity index (χ3n) is 2.41. The lowest BCUT2D eigenvalue weighted by atomic mass is 10.0. The molecule has 0 fully saturated rings. The van der Waals surface area contributed by atoms with E-state index in [-0.39, 0.29) is 10.0 Å². The highest BCUT2D eigenvalue weighted by Crippen LogP contribution is 2.24. The number of benzene rings is 1. The molecule has 0 aliphatic heterocycles. The molecule has 1 heterocycles. The van der Waals surface area contributed by atoms with E-state index in [1.54, 1.807) is 13.1 Å². The molecular weight excluding hydrogens is 304 g/mol. The summed E-state index contributed by atoms with van der Waals surface area (Å²) >= 11 is 2.93. The number of pyridine rings is 1. The predicted octanol–water partition coefficient (Wildman–Crippen LogP) is 3.66. The van der Waals surface area contributed by atoms with Gasteiger partial charge < -0.3 is 0 Å². The summed E-state index contributed by atoms with van der Waals surface area (Å²) in [5.74, 6) is -2.51. The Morgan fingerprint density at radius 1 is 1.28 bits per heavy atom. The maximum atomic E-state index is 13.8. The molecular formula is C13H8BrF2NO. The van der Waals surface area contributed by atoms with Crippen LogP contribution in [0.3, 0.4) is 0 Å². The minimum absolute atomic E-state index is 0.0489. The van der Waals surface area contributed by atoms with Crippen LogP contribution in [0.1, 0.15) is 21.5 Å². The summed E-state index contributed by atoms with van der Waals surface area (Å²) < 4.78 is 27.4. The van der Waals surface area contributed by atoms with Gasteiger partial charge in [0.2, 0.25) is 5.78 Å². The number of hydrogen-bond acceptors (Lipinski definition) is 2. The number of aryl methyl sites for hydroxylation is 1. The normalized spacial score (nSPS) is 10.4. The quantitative estimate of drug-likeness (QED) is 0.626. The van der Waals surface area contributed by atoms with E-state index >= 15 is 0 Å². The second-order valence-corrected chi connectivity index (χ2v) is 4.65. The van der Waals surface area contributed by atoms with Crippen molar-refractivity contribution in [1.82, 2.24) is 4.98 Å².